The van der Waals surface area contributed by atoms with Crippen molar-refractivity contribution in [3.63, 3.8) is 0 Å². The Morgan fingerprint density at radius 2 is 2.11 bits per heavy atom. The SMILES string of the molecule is Brc1cnc(CNc2cccc3cn[nH]c23)c(Br)c1. The molecular formula is C13H10Br2N4. The Morgan fingerprint density at radius 1 is 1.21 bits per heavy atom. The van der Waals surface area contributed by atoms with E-state index in [1.165, 1.54) is 0 Å². The number of fused-ring (bicyclic) bond motifs is 1. The molecule has 0 aliphatic rings. The van der Waals surface area contributed by atoms with Crippen LogP contribution in [0.15, 0.2) is 45.6 Å². The topological polar surface area (TPSA) is 53.6 Å². The Bertz CT molecular complexity index is 723. The molecule has 0 amide bonds. The van der Waals surface area contributed by atoms with Crippen molar-refractivity contribution in [3.8, 4) is 0 Å². The van der Waals surface area contributed by atoms with Crippen molar-refractivity contribution in [3.05, 3.63) is 51.3 Å². The summed E-state index contributed by atoms with van der Waals surface area (Å²) < 4.78 is 1.94. The van der Waals surface area contributed by atoms with Crippen LogP contribution in [-0.2, 0) is 6.54 Å². The van der Waals surface area contributed by atoms with E-state index < -0.39 is 0 Å². The second-order valence-corrected chi connectivity index (χ2v) is 5.85. The standard InChI is InChI=1S/C13H10Br2N4/c14-9-4-10(15)12(16-6-9)7-17-11-3-1-2-8-5-18-19-13(8)11/h1-6,17H,7H2,(H,18,19). The summed E-state index contributed by atoms with van der Waals surface area (Å²) in [5, 5.41) is 11.5. The second kappa shape index (κ2) is 5.30. The van der Waals surface area contributed by atoms with Crippen LogP contribution in [0, 0.1) is 0 Å². The molecule has 2 N–H and O–H groups in total. The number of aromatic amines is 1. The lowest BCUT2D eigenvalue weighted by atomic mass is 10.2. The Morgan fingerprint density at radius 3 is 2.95 bits per heavy atom. The number of hydrogen-bond acceptors (Lipinski definition) is 3. The van der Waals surface area contributed by atoms with Crippen molar-refractivity contribution >= 4 is 48.5 Å². The smallest absolute Gasteiger partial charge is 0.0881 e. The molecule has 6 heteroatoms. The number of aromatic nitrogens is 3. The summed E-state index contributed by atoms with van der Waals surface area (Å²) in [4.78, 5) is 4.38. The van der Waals surface area contributed by atoms with Gasteiger partial charge in [0, 0.05) is 20.5 Å². The lowest BCUT2D eigenvalue weighted by molar-refractivity contribution is 1.03. The van der Waals surface area contributed by atoms with Gasteiger partial charge in [0.25, 0.3) is 0 Å². The molecule has 0 unspecified atom stereocenters. The lowest BCUT2D eigenvalue weighted by Gasteiger charge is -2.08. The van der Waals surface area contributed by atoms with Gasteiger partial charge in [-0.05, 0) is 44.0 Å². The summed E-state index contributed by atoms with van der Waals surface area (Å²) in [6.07, 6.45) is 3.60. The molecule has 2 heterocycles. The number of para-hydroxylation sites is 1. The Balaban J connectivity index is 1.84. The number of anilines is 1. The zero-order valence-electron chi connectivity index (χ0n) is 9.82. The first-order valence-corrected chi connectivity index (χ1v) is 7.28. The number of pyridine rings is 1. The molecule has 3 aromatic rings. The number of rotatable bonds is 3. The van der Waals surface area contributed by atoms with Crippen LogP contribution in [0.1, 0.15) is 5.69 Å². The second-order valence-electron chi connectivity index (χ2n) is 4.08. The van der Waals surface area contributed by atoms with Crippen LogP contribution in [0.5, 0.6) is 0 Å². The minimum absolute atomic E-state index is 0.645. The predicted molar refractivity (Wildman–Crippen MR) is 83.1 cm³/mol. The highest BCUT2D eigenvalue weighted by Crippen LogP contribution is 2.23. The van der Waals surface area contributed by atoms with E-state index in [9.17, 15) is 0 Å². The number of nitrogens with zero attached hydrogens (tertiary/aromatic N) is 2. The number of hydrogen-bond donors (Lipinski definition) is 2. The van der Waals surface area contributed by atoms with E-state index in [1.807, 2.05) is 30.5 Å². The summed E-state index contributed by atoms with van der Waals surface area (Å²) >= 11 is 6.90. The fourth-order valence-corrected chi connectivity index (χ4v) is 3.00. The van der Waals surface area contributed by atoms with Gasteiger partial charge in [0.15, 0.2) is 0 Å². The lowest BCUT2D eigenvalue weighted by Crippen LogP contribution is -2.03. The van der Waals surface area contributed by atoms with Gasteiger partial charge < -0.3 is 5.32 Å². The summed E-state index contributed by atoms with van der Waals surface area (Å²) in [5.74, 6) is 0. The van der Waals surface area contributed by atoms with Crippen molar-refractivity contribution < 1.29 is 0 Å². The molecule has 0 saturated carbocycles. The van der Waals surface area contributed by atoms with Crippen molar-refractivity contribution in [1.82, 2.24) is 15.2 Å². The average Bonchev–Trinajstić information content (AvgIpc) is 2.86. The maximum atomic E-state index is 4.38. The monoisotopic (exact) mass is 380 g/mol. The number of halogens is 2. The summed E-state index contributed by atoms with van der Waals surface area (Å²) in [5.41, 5.74) is 2.99. The van der Waals surface area contributed by atoms with Gasteiger partial charge in [-0.3, -0.25) is 10.1 Å². The molecule has 0 aliphatic carbocycles. The zero-order chi connectivity index (χ0) is 13.2. The van der Waals surface area contributed by atoms with E-state index >= 15 is 0 Å². The highest BCUT2D eigenvalue weighted by molar-refractivity contribution is 9.11. The molecule has 0 saturated heterocycles. The first-order valence-electron chi connectivity index (χ1n) is 5.70. The van der Waals surface area contributed by atoms with E-state index in [0.29, 0.717) is 6.54 Å². The van der Waals surface area contributed by atoms with E-state index in [0.717, 1.165) is 31.2 Å². The average molecular weight is 382 g/mol. The third-order valence-electron chi connectivity index (χ3n) is 2.81. The quantitative estimate of drug-likeness (QED) is 0.718. The highest BCUT2D eigenvalue weighted by atomic mass is 79.9. The number of benzene rings is 1. The van der Waals surface area contributed by atoms with Crippen LogP contribution in [0.25, 0.3) is 10.9 Å². The predicted octanol–water partition coefficient (Wildman–Crippen LogP) is 4.10. The third-order valence-corrected chi connectivity index (χ3v) is 3.93. The maximum absolute atomic E-state index is 4.38. The van der Waals surface area contributed by atoms with Crippen LogP contribution in [0.4, 0.5) is 5.69 Å². The molecule has 3 rings (SSSR count). The summed E-state index contributed by atoms with van der Waals surface area (Å²) in [6, 6.07) is 8.04. The summed E-state index contributed by atoms with van der Waals surface area (Å²) in [7, 11) is 0. The Labute approximate surface area is 126 Å². The molecule has 2 aromatic heterocycles. The van der Waals surface area contributed by atoms with Crippen molar-refractivity contribution in [2.24, 2.45) is 0 Å². The molecule has 1 aromatic carbocycles. The van der Waals surface area contributed by atoms with Crippen molar-refractivity contribution in [2.45, 2.75) is 6.54 Å². The molecule has 19 heavy (non-hydrogen) atoms. The Kier molecular flexibility index (Phi) is 3.52. The molecule has 0 atom stereocenters. The van der Waals surface area contributed by atoms with Gasteiger partial charge in [-0.15, -0.1) is 0 Å². The molecular weight excluding hydrogens is 372 g/mol. The molecule has 0 aliphatic heterocycles. The molecule has 96 valence electrons. The van der Waals surface area contributed by atoms with Gasteiger partial charge in [-0.1, -0.05) is 12.1 Å². The van der Waals surface area contributed by atoms with E-state index in [2.05, 4.69) is 52.4 Å². The molecule has 0 radical (unpaired) electrons. The van der Waals surface area contributed by atoms with Crippen LogP contribution in [0.2, 0.25) is 0 Å². The third kappa shape index (κ3) is 2.64. The van der Waals surface area contributed by atoms with Gasteiger partial charge in [0.1, 0.15) is 0 Å². The minimum atomic E-state index is 0.645. The van der Waals surface area contributed by atoms with E-state index in [-0.39, 0.29) is 0 Å². The van der Waals surface area contributed by atoms with Gasteiger partial charge in [0.05, 0.1) is 29.6 Å². The maximum Gasteiger partial charge on any atom is 0.0881 e. The van der Waals surface area contributed by atoms with Crippen LogP contribution < -0.4 is 5.32 Å². The fraction of sp³-hybridized carbons (Fsp3) is 0.0769. The largest absolute Gasteiger partial charge is 0.378 e. The van der Waals surface area contributed by atoms with Gasteiger partial charge >= 0.3 is 0 Å². The molecule has 0 bridgehead atoms. The van der Waals surface area contributed by atoms with Crippen molar-refractivity contribution in [1.29, 1.82) is 0 Å². The van der Waals surface area contributed by atoms with E-state index in [4.69, 9.17) is 0 Å². The van der Waals surface area contributed by atoms with Crippen LogP contribution in [-0.4, -0.2) is 15.2 Å². The fourth-order valence-electron chi connectivity index (χ4n) is 1.87. The molecule has 0 fully saturated rings. The first-order chi connectivity index (χ1) is 9.24. The zero-order valence-corrected chi connectivity index (χ0v) is 13.0. The van der Waals surface area contributed by atoms with Crippen LogP contribution in [0.3, 0.4) is 0 Å². The highest BCUT2D eigenvalue weighted by Gasteiger charge is 2.05. The normalized spacial score (nSPS) is 10.8. The molecule has 4 nitrogen and oxygen atoms in total. The van der Waals surface area contributed by atoms with Gasteiger partial charge in [-0.25, -0.2) is 0 Å². The molecule has 0 spiro atoms. The van der Waals surface area contributed by atoms with Gasteiger partial charge in [-0.2, -0.15) is 5.10 Å². The first kappa shape index (κ1) is 12.6. The number of nitrogens with one attached hydrogen (secondary N) is 2. The van der Waals surface area contributed by atoms with E-state index in [1.54, 1.807) is 6.20 Å². The van der Waals surface area contributed by atoms with Gasteiger partial charge in [0.2, 0.25) is 0 Å². The minimum Gasteiger partial charge on any atom is -0.378 e. The van der Waals surface area contributed by atoms with Crippen molar-refractivity contribution in [2.75, 3.05) is 5.32 Å². The summed E-state index contributed by atoms with van der Waals surface area (Å²) in [6.45, 7) is 0.645. The van der Waals surface area contributed by atoms with Crippen LogP contribution >= 0.6 is 31.9 Å². The Hall–Kier alpha value is -1.40. The number of H-pyrrole nitrogens is 1.